The molecule has 1 heterocycles. The highest BCUT2D eigenvalue weighted by atomic mass is 35.5. The van der Waals surface area contributed by atoms with Crippen LogP contribution in [0.5, 0.6) is 0 Å². The van der Waals surface area contributed by atoms with Gasteiger partial charge in [-0.15, -0.1) is 0 Å². The summed E-state index contributed by atoms with van der Waals surface area (Å²) in [6, 6.07) is 7.16. The highest BCUT2D eigenvalue weighted by Crippen LogP contribution is 2.13. The Labute approximate surface area is 120 Å². The zero-order valence-corrected chi connectivity index (χ0v) is 11.5. The van der Waals surface area contributed by atoms with Crippen LogP contribution in [0.2, 0.25) is 5.15 Å². The number of aromatic nitrogens is 2. The van der Waals surface area contributed by atoms with Gasteiger partial charge in [-0.1, -0.05) is 18.5 Å². The molecule has 2 rings (SSSR count). The van der Waals surface area contributed by atoms with Crippen LogP contribution in [0.4, 0.5) is 4.39 Å². The van der Waals surface area contributed by atoms with E-state index in [1.807, 2.05) is 13.0 Å². The molecule has 6 heteroatoms. The van der Waals surface area contributed by atoms with Gasteiger partial charge in [0.05, 0.1) is 18.2 Å². The summed E-state index contributed by atoms with van der Waals surface area (Å²) < 4.78 is 15.1. The van der Waals surface area contributed by atoms with Gasteiger partial charge in [0.15, 0.2) is 0 Å². The molecule has 1 aromatic heterocycles. The fraction of sp³-hybridized carbons (Fsp3) is 0.214. The van der Waals surface area contributed by atoms with Crippen molar-refractivity contribution in [3.8, 4) is 6.07 Å². The van der Waals surface area contributed by atoms with Gasteiger partial charge in [0.1, 0.15) is 16.8 Å². The second kappa shape index (κ2) is 5.85. The van der Waals surface area contributed by atoms with Crippen molar-refractivity contribution in [2.75, 3.05) is 0 Å². The molecular formula is C14H11ClFN3O. The number of hydrogen-bond donors (Lipinski definition) is 0. The highest BCUT2D eigenvalue weighted by molar-refractivity contribution is 6.29. The molecule has 20 heavy (non-hydrogen) atoms. The maximum Gasteiger partial charge on any atom is 0.255 e. The molecule has 2 aromatic rings. The smallest absolute Gasteiger partial charge is 0.255 e. The van der Waals surface area contributed by atoms with Crippen molar-refractivity contribution in [2.45, 2.75) is 19.9 Å². The van der Waals surface area contributed by atoms with Crippen LogP contribution in [0.3, 0.4) is 0 Å². The Kier molecular flexibility index (Phi) is 4.16. The van der Waals surface area contributed by atoms with Gasteiger partial charge in [-0.2, -0.15) is 5.26 Å². The summed E-state index contributed by atoms with van der Waals surface area (Å²) in [5, 5.41) is 8.96. The molecule has 0 N–H and O–H groups in total. The molecule has 0 radical (unpaired) electrons. The summed E-state index contributed by atoms with van der Waals surface area (Å²) in [6.45, 7) is 1.85. The fourth-order valence-corrected chi connectivity index (χ4v) is 2.09. The van der Waals surface area contributed by atoms with Gasteiger partial charge < -0.3 is 0 Å². The molecule has 0 aliphatic rings. The van der Waals surface area contributed by atoms with E-state index < -0.39 is 5.82 Å². The first-order valence-corrected chi connectivity index (χ1v) is 6.37. The number of nitriles is 1. The SMILES string of the molecule is CCc1nc(Cl)cc(=O)n1Cc1cc(C#N)ccc1F. The summed E-state index contributed by atoms with van der Waals surface area (Å²) in [5.74, 6) is 0.0113. The van der Waals surface area contributed by atoms with Crippen LogP contribution in [0, 0.1) is 17.1 Å². The molecule has 0 spiro atoms. The van der Waals surface area contributed by atoms with E-state index in [2.05, 4.69) is 4.98 Å². The van der Waals surface area contributed by atoms with Gasteiger partial charge in [0.25, 0.3) is 5.56 Å². The largest absolute Gasteiger partial charge is 0.292 e. The second-order valence-electron chi connectivity index (χ2n) is 4.19. The van der Waals surface area contributed by atoms with Crippen molar-refractivity contribution in [3.63, 3.8) is 0 Å². The molecule has 0 saturated heterocycles. The van der Waals surface area contributed by atoms with Crippen LogP contribution in [-0.4, -0.2) is 9.55 Å². The summed E-state index contributed by atoms with van der Waals surface area (Å²) in [6.07, 6.45) is 0.495. The Morgan fingerprint density at radius 3 is 2.85 bits per heavy atom. The molecule has 102 valence electrons. The molecule has 0 unspecified atom stereocenters. The number of nitrogens with zero attached hydrogens (tertiary/aromatic N) is 3. The predicted octanol–water partition coefficient (Wildman–Crippen LogP) is 2.52. The highest BCUT2D eigenvalue weighted by Gasteiger charge is 2.10. The average Bonchev–Trinajstić information content (AvgIpc) is 2.43. The van der Waals surface area contributed by atoms with E-state index >= 15 is 0 Å². The number of hydrogen-bond acceptors (Lipinski definition) is 3. The third-order valence-corrected chi connectivity index (χ3v) is 3.07. The minimum absolute atomic E-state index is 0.0214. The van der Waals surface area contributed by atoms with E-state index in [9.17, 15) is 9.18 Å². The number of benzene rings is 1. The second-order valence-corrected chi connectivity index (χ2v) is 4.58. The van der Waals surface area contributed by atoms with Crippen LogP contribution in [0.25, 0.3) is 0 Å². The number of halogens is 2. The zero-order valence-electron chi connectivity index (χ0n) is 10.7. The van der Waals surface area contributed by atoms with E-state index in [1.54, 1.807) is 0 Å². The third-order valence-electron chi connectivity index (χ3n) is 2.88. The lowest BCUT2D eigenvalue weighted by Crippen LogP contribution is -2.25. The van der Waals surface area contributed by atoms with Gasteiger partial charge in [-0.3, -0.25) is 9.36 Å². The molecular weight excluding hydrogens is 281 g/mol. The molecule has 0 saturated carbocycles. The van der Waals surface area contributed by atoms with Crippen LogP contribution in [-0.2, 0) is 13.0 Å². The van der Waals surface area contributed by atoms with Crippen molar-refractivity contribution < 1.29 is 4.39 Å². The molecule has 0 atom stereocenters. The third kappa shape index (κ3) is 2.86. The van der Waals surface area contributed by atoms with E-state index in [0.717, 1.165) is 0 Å². The van der Waals surface area contributed by atoms with Gasteiger partial charge >= 0.3 is 0 Å². The van der Waals surface area contributed by atoms with E-state index in [-0.39, 0.29) is 22.8 Å². The van der Waals surface area contributed by atoms with Crippen LogP contribution in [0.1, 0.15) is 23.9 Å². The molecule has 0 aliphatic carbocycles. The maximum absolute atomic E-state index is 13.8. The fourth-order valence-electron chi connectivity index (χ4n) is 1.90. The average molecular weight is 292 g/mol. The monoisotopic (exact) mass is 291 g/mol. The molecule has 0 aliphatic heterocycles. The number of rotatable bonds is 3. The predicted molar refractivity (Wildman–Crippen MR) is 73.1 cm³/mol. The normalized spacial score (nSPS) is 10.3. The van der Waals surface area contributed by atoms with Gasteiger partial charge in [-0.25, -0.2) is 9.37 Å². The molecule has 0 bridgehead atoms. The Balaban J connectivity index is 2.50. The van der Waals surface area contributed by atoms with Crippen molar-refractivity contribution in [1.29, 1.82) is 5.26 Å². The maximum atomic E-state index is 13.8. The minimum Gasteiger partial charge on any atom is -0.292 e. The molecule has 0 amide bonds. The number of aryl methyl sites for hydroxylation is 1. The van der Waals surface area contributed by atoms with E-state index in [0.29, 0.717) is 17.8 Å². The molecule has 1 aromatic carbocycles. The lowest BCUT2D eigenvalue weighted by Gasteiger charge is -2.11. The first-order chi connectivity index (χ1) is 9.55. The van der Waals surface area contributed by atoms with Crippen LogP contribution < -0.4 is 5.56 Å². The van der Waals surface area contributed by atoms with Gasteiger partial charge in [0.2, 0.25) is 0 Å². The van der Waals surface area contributed by atoms with E-state index in [4.69, 9.17) is 16.9 Å². The minimum atomic E-state index is -0.465. The van der Waals surface area contributed by atoms with Crippen LogP contribution in [0.15, 0.2) is 29.1 Å². The zero-order chi connectivity index (χ0) is 14.7. The first-order valence-electron chi connectivity index (χ1n) is 6.00. The van der Waals surface area contributed by atoms with Gasteiger partial charge in [-0.05, 0) is 18.2 Å². The Bertz CT molecular complexity index is 749. The standard InChI is InChI=1S/C14H11ClFN3O/c1-2-13-18-12(15)6-14(20)19(13)8-10-5-9(7-17)3-4-11(10)16/h3-6H,2,8H2,1H3. The Morgan fingerprint density at radius 1 is 1.45 bits per heavy atom. The van der Waals surface area contributed by atoms with Crippen LogP contribution >= 0.6 is 11.6 Å². The van der Waals surface area contributed by atoms with Crippen molar-refractivity contribution in [2.24, 2.45) is 0 Å². The Morgan fingerprint density at radius 2 is 2.20 bits per heavy atom. The topological polar surface area (TPSA) is 58.7 Å². The quantitative estimate of drug-likeness (QED) is 0.817. The van der Waals surface area contributed by atoms with Crippen molar-refractivity contribution in [3.05, 3.63) is 62.5 Å². The lowest BCUT2D eigenvalue weighted by molar-refractivity contribution is 0.585. The molecule has 0 fully saturated rings. The summed E-state index contributed by atoms with van der Waals surface area (Å²) in [7, 11) is 0. The summed E-state index contributed by atoms with van der Waals surface area (Å²) in [4.78, 5) is 16.0. The summed E-state index contributed by atoms with van der Waals surface area (Å²) in [5.41, 5.74) is 0.267. The van der Waals surface area contributed by atoms with E-state index in [1.165, 1.54) is 28.8 Å². The molecule has 4 nitrogen and oxygen atoms in total. The first kappa shape index (κ1) is 14.2. The van der Waals surface area contributed by atoms with Gasteiger partial charge in [0, 0.05) is 18.1 Å². The summed E-state index contributed by atoms with van der Waals surface area (Å²) >= 11 is 5.74. The lowest BCUT2D eigenvalue weighted by atomic mass is 10.1. The Hall–Kier alpha value is -2.19. The van der Waals surface area contributed by atoms with Crippen molar-refractivity contribution >= 4 is 11.6 Å². The van der Waals surface area contributed by atoms with Crippen molar-refractivity contribution in [1.82, 2.24) is 9.55 Å².